The average Bonchev–Trinajstić information content (AvgIpc) is 2.59. The van der Waals surface area contributed by atoms with Crippen LogP contribution in [0.25, 0.3) is 21.8 Å². The van der Waals surface area contributed by atoms with Gasteiger partial charge in [-0.15, -0.1) is 0 Å². The highest BCUT2D eigenvalue weighted by molar-refractivity contribution is 6.04. The molecule has 0 amide bonds. The molecule has 0 unspecified atom stereocenters. The molecule has 0 radical (unpaired) electrons. The van der Waals surface area contributed by atoms with E-state index in [9.17, 15) is 0 Å². The van der Waals surface area contributed by atoms with Gasteiger partial charge in [0.2, 0.25) is 0 Å². The van der Waals surface area contributed by atoms with Crippen LogP contribution in [-0.4, -0.2) is 9.97 Å². The molecule has 14 heavy (non-hydrogen) atoms. The maximum absolute atomic E-state index is 4.40. The topological polar surface area (TPSA) is 28.7 Å². The number of aromatic nitrogens is 2. The van der Waals surface area contributed by atoms with Gasteiger partial charge in [0.25, 0.3) is 0 Å². The van der Waals surface area contributed by atoms with Crippen molar-refractivity contribution in [1.29, 1.82) is 0 Å². The first-order chi connectivity index (χ1) is 6.84. The molecule has 0 saturated heterocycles. The number of fused-ring (bicyclic) bond motifs is 3. The minimum atomic E-state index is 1.08. The fraction of sp³-hybridized carbons (Fsp3) is 0.0833. The predicted octanol–water partition coefficient (Wildman–Crippen LogP) is 3.02. The molecule has 3 rings (SSSR count). The summed E-state index contributed by atoms with van der Waals surface area (Å²) in [6.45, 7) is 2.10. The minimum Gasteiger partial charge on any atom is -0.360 e. The molecule has 3 aromatic rings. The van der Waals surface area contributed by atoms with E-state index in [1.807, 2.05) is 18.5 Å². The third-order valence-electron chi connectivity index (χ3n) is 2.52. The predicted molar refractivity (Wildman–Crippen MR) is 58.3 cm³/mol. The van der Waals surface area contributed by atoms with Crippen LogP contribution in [0.3, 0.4) is 0 Å². The lowest BCUT2D eigenvalue weighted by atomic mass is 10.2. The van der Waals surface area contributed by atoms with E-state index in [0.717, 1.165) is 11.0 Å². The molecule has 2 heteroatoms. The zero-order chi connectivity index (χ0) is 9.54. The Morgan fingerprint density at radius 2 is 2.14 bits per heavy atom. The molecule has 2 heterocycles. The Hall–Kier alpha value is -1.83. The van der Waals surface area contributed by atoms with E-state index in [0.29, 0.717) is 0 Å². The number of nitrogens with zero attached hydrogens (tertiary/aromatic N) is 1. The second kappa shape index (κ2) is 2.58. The standard InChI is InChI=1S/C12H10N2/c1-8-5-10-9-3-2-4-13-12(9)7-14-11(10)6-8/h2-7,13H,1H3. The van der Waals surface area contributed by atoms with Crippen LogP contribution in [0.5, 0.6) is 0 Å². The molecule has 0 bridgehead atoms. The maximum Gasteiger partial charge on any atom is 0.0712 e. The van der Waals surface area contributed by atoms with Gasteiger partial charge in [0.1, 0.15) is 0 Å². The summed E-state index contributed by atoms with van der Waals surface area (Å²) >= 11 is 0. The minimum absolute atomic E-state index is 1.08. The highest BCUT2D eigenvalue weighted by Crippen LogP contribution is 2.24. The molecule has 68 valence electrons. The van der Waals surface area contributed by atoms with Gasteiger partial charge in [-0.3, -0.25) is 4.98 Å². The molecule has 0 aliphatic heterocycles. The van der Waals surface area contributed by atoms with Gasteiger partial charge in [-0.05, 0) is 30.7 Å². The number of H-pyrrole nitrogens is 1. The number of pyridine rings is 2. The van der Waals surface area contributed by atoms with E-state index in [1.54, 1.807) is 0 Å². The molecule has 2 aromatic heterocycles. The SMILES string of the molecule is Cc1cc2ncc3[nH]cccc3c2c1. The van der Waals surface area contributed by atoms with Gasteiger partial charge < -0.3 is 4.98 Å². The molecule has 0 atom stereocenters. The van der Waals surface area contributed by atoms with Crippen molar-refractivity contribution in [1.82, 2.24) is 9.97 Å². The largest absolute Gasteiger partial charge is 0.360 e. The van der Waals surface area contributed by atoms with Gasteiger partial charge in [-0.2, -0.15) is 0 Å². The number of hydrogen-bond donors (Lipinski definition) is 1. The number of rotatable bonds is 0. The number of nitrogens with one attached hydrogen (secondary N) is 1. The first-order valence-electron chi connectivity index (χ1n) is 4.67. The average molecular weight is 182 g/mol. The Morgan fingerprint density at radius 1 is 1.21 bits per heavy atom. The molecular formula is C12H10N2. The van der Waals surface area contributed by atoms with E-state index in [2.05, 4.69) is 35.1 Å². The van der Waals surface area contributed by atoms with Gasteiger partial charge in [0, 0.05) is 17.0 Å². The van der Waals surface area contributed by atoms with Crippen LogP contribution in [0.2, 0.25) is 0 Å². The summed E-state index contributed by atoms with van der Waals surface area (Å²) in [7, 11) is 0. The third kappa shape index (κ3) is 0.940. The lowest BCUT2D eigenvalue weighted by molar-refractivity contribution is 1.36. The van der Waals surface area contributed by atoms with Crippen LogP contribution in [0, 0.1) is 6.92 Å². The van der Waals surface area contributed by atoms with E-state index < -0.39 is 0 Å². The second-order valence-electron chi connectivity index (χ2n) is 3.59. The summed E-state index contributed by atoms with van der Waals surface area (Å²) in [6.07, 6.45) is 3.81. The molecule has 0 spiro atoms. The van der Waals surface area contributed by atoms with Crippen LogP contribution < -0.4 is 0 Å². The highest BCUT2D eigenvalue weighted by Gasteiger charge is 2.02. The van der Waals surface area contributed by atoms with E-state index in [4.69, 9.17) is 0 Å². The molecule has 1 aromatic carbocycles. The van der Waals surface area contributed by atoms with E-state index >= 15 is 0 Å². The number of hydrogen-bond acceptors (Lipinski definition) is 1. The summed E-state index contributed by atoms with van der Waals surface area (Å²) in [4.78, 5) is 7.59. The van der Waals surface area contributed by atoms with Gasteiger partial charge in [0.05, 0.1) is 17.2 Å². The summed E-state index contributed by atoms with van der Waals surface area (Å²) in [6, 6.07) is 8.43. The van der Waals surface area contributed by atoms with Crippen LogP contribution in [0.15, 0.2) is 36.7 Å². The Balaban J connectivity index is 2.60. The molecule has 0 saturated carbocycles. The van der Waals surface area contributed by atoms with Gasteiger partial charge >= 0.3 is 0 Å². The molecular weight excluding hydrogens is 172 g/mol. The summed E-state index contributed by atoms with van der Waals surface area (Å²) in [5.41, 5.74) is 3.43. The molecule has 2 nitrogen and oxygen atoms in total. The monoisotopic (exact) mass is 182 g/mol. The van der Waals surface area contributed by atoms with Crippen LogP contribution >= 0.6 is 0 Å². The van der Waals surface area contributed by atoms with Crippen molar-refractivity contribution in [2.45, 2.75) is 6.92 Å². The lowest BCUT2D eigenvalue weighted by Crippen LogP contribution is -1.80. The van der Waals surface area contributed by atoms with Gasteiger partial charge in [-0.25, -0.2) is 0 Å². The first kappa shape index (κ1) is 7.56. The fourth-order valence-corrected chi connectivity index (χ4v) is 1.88. The quantitative estimate of drug-likeness (QED) is 0.568. The normalized spacial score (nSPS) is 11.2. The maximum atomic E-state index is 4.40. The zero-order valence-corrected chi connectivity index (χ0v) is 7.91. The third-order valence-corrected chi connectivity index (χ3v) is 2.52. The number of aromatic amines is 1. The molecule has 1 N–H and O–H groups in total. The van der Waals surface area contributed by atoms with Crippen LogP contribution in [0.4, 0.5) is 0 Å². The first-order valence-corrected chi connectivity index (χ1v) is 4.67. The van der Waals surface area contributed by atoms with E-state index in [-0.39, 0.29) is 0 Å². The highest BCUT2D eigenvalue weighted by atomic mass is 14.7. The van der Waals surface area contributed by atoms with Crippen molar-refractivity contribution in [3.8, 4) is 0 Å². The van der Waals surface area contributed by atoms with Crippen molar-refractivity contribution in [3.63, 3.8) is 0 Å². The Kier molecular flexibility index (Phi) is 1.39. The van der Waals surface area contributed by atoms with Crippen LogP contribution in [-0.2, 0) is 0 Å². The Bertz CT molecular complexity index is 608. The Labute approximate surface area is 81.6 Å². The van der Waals surface area contributed by atoms with Gasteiger partial charge in [0.15, 0.2) is 0 Å². The number of aryl methyl sites for hydroxylation is 1. The van der Waals surface area contributed by atoms with Crippen molar-refractivity contribution in [3.05, 3.63) is 42.2 Å². The zero-order valence-electron chi connectivity index (χ0n) is 7.91. The van der Waals surface area contributed by atoms with Crippen molar-refractivity contribution in [2.75, 3.05) is 0 Å². The molecule has 0 aliphatic carbocycles. The second-order valence-corrected chi connectivity index (χ2v) is 3.59. The summed E-state index contributed by atoms with van der Waals surface area (Å²) in [5, 5.41) is 2.47. The van der Waals surface area contributed by atoms with Crippen molar-refractivity contribution >= 4 is 21.8 Å². The molecule has 0 fully saturated rings. The van der Waals surface area contributed by atoms with Gasteiger partial charge in [-0.1, -0.05) is 6.07 Å². The van der Waals surface area contributed by atoms with E-state index in [1.165, 1.54) is 16.3 Å². The summed E-state index contributed by atoms with van der Waals surface area (Å²) in [5.74, 6) is 0. The summed E-state index contributed by atoms with van der Waals surface area (Å²) < 4.78 is 0. The van der Waals surface area contributed by atoms with Crippen molar-refractivity contribution < 1.29 is 0 Å². The van der Waals surface area contributed by atoms with Crippen LogP contribution in [0.1, 0.15) is 5.56 Å². The smallest absolute Gasteiger partial charge is 0.0712 e. The fourth-order valence-electron chi connectivity index (χ4n) is 1.88. The lowest BCUT2D eigenvalue weighted by Gasteiger charge is -1.98. The Morgan fingerprint density at radius 3 is 3.07 bits per heavy atom. The van der Waals surface area contributed by atoms with Crippen molar-refractivity contribution in [2.24, 2.45) is 0 Å². The molecule has 0 aliphatic rings.